The predicted molar refractivity (Wildman–Crippen MR) is 60.3 cm³/mol. The maximum atomic E-state index is 13.4. The lowest BCUT2D eigenvalue weighted by molar-refractivity contribution is -0.162. The van der Waals surface area contributed by atoms with Crippen molar-refractivity contribution in [2.45, 2.75) is 12.7 Å². The second-order valence-corrected chi connectivity index (χ2v) is 4.13. The van der Waals surface area contributed by atoms with E-state index in [1.807, 2.05) is 0 Å². The van der Waals surface area contributed by atoms with Crippen LogP contribution in [-0.2, 0) is 11.3 Å². The zero-order valence-electron chi connectivity index (χ0n) is 9.80. The Labute approximate surface area is 111 Å². The van der Waals surface area contributed by atoms with Crippen LogP contribution in [0.4, 0.5) is 22.4 Å². The van der Waals surface area contributed by atoms with E-state index in [1.165, 1.54) is 19.2 Å². The van der Waals surface area contributed by atoms with Gasteiger partial charge in [-0.1, -0.05) is 17.7 Å². The Morgan fingerprint density at radius 3 is 2.58 bits per heavy atom. The Morgan fingerprint density at radius 2 is 2.05 bits per heavy atom. The molecule has 19 heavy (non-hydrogen) atoms. The lowest BCUT2D eigenvalue weighted by Crippen LogP contribution is -2.31. The Morgan fingerprint density at radius 1 is 1.42 bits per heavy atom. The van der Waals surface area contributed by atoms with Gasteiger partial charge in [-0.15, -0.1) is 0 Å². The number of hydrogen-bond donors (Lipinski definition) is 0. The first kappa shape index (κ1) is 15.6. The molecule has 8 heteroatoms. The Bertz CT molecular complexity index is 444. The van der Waals surface area contributed by atoms with Crippen molar-refractivity contribution in [2.24, 2.45) is 0 Å². The van der Waals surface area contributed by atoms with Gasteiger partial charge in [-0.3, -0.25) is 0 Å². The lowest BCUT2D eigenvalue weighted by Gasteiger charge is -2.18. The van der Waals surface area contributed by atoms with Crippen LogP contribution in [0.3, 0.4) is 0 Å². The van der Waals surface area contributed by atoms with Gasteiger partial charge in [0.25, 0.3) is 0 Å². The number of alkyl halides is 3. The zero-order valence-corrected chi connectivity index (χ0v) is 10.6. The van der Waals surface area contributed by atoms with E-state index in [1.54, 1.807) is 0 Å². The fourth-order valence-electron chi connectivity index (χ4n) is 1.24. The molecule has 106 valence electrons. The van der Waals surface area contributed by atoms with Crippen LogP contribution in [0.25, 0.3) is 0 Å². The van der Waals surface area contributed by atoms with Gasteiger partial charge in [0.2, 0.25) is 0 Å². The normalized spacial score (nSPS) is 11.3. The molecule has 0 aliphatic heterocycles. The lowest BCUT2D eigenvalue weighted by atomic mass is 10.2. The van der Waals surface area contributed by atoms with Gasteiger partial charge in [-0.25, -0.2) is 9.18 Å². The average Bonchev–Trinajstić information content (AvgIpc) is 2.29. The van der Waals surface area contributed by atoms with Crippen molar-refractivity contribution in [3.63, 3.8) is 0 Å². The molecule has 0 atom stereocenters. The van der Waals surface area contributed by atoms with Crippen molar-refractivity contribution in [2.75, 3.05) is 13.7 Å². The van der Waals surface area contributed by atoms with Crippen molar-refractivity contribution in [3.05, 3.63) is 34.6 Å². The van der Waals surface area contributed by atoms with E-state index < -0.39 is 24.7 Å². The van der Waals surface area contributed by atoms with E-state index in [2.05, 4.69) is 4.74 Å². The number of rotatable bonds is 3. The minimum Gasteiger partial charge on any atom is -0.440 e. The maximum absolute atomic E-state index is 13.4. The highest BCUT2D eigenvalue weighted by atomic mass is 35.5. The molecule has 0 aromatic heterocycles. The summed E-state index contributed by atoms with van der Waals surface area (Å²) in [4.78, 5) is 12.1. The van der Waals surface area contributed by atoms with Crippen LogP contribution in [0, 0.1) is 5.82 Å². The number of carbonyl (C=O) groups excluding carboxylic acids is 1. The van der Waals surface area contributed by atoms with Gasteiger partial charge in [0, 0.05) is 17.6 Å². The van der Waals surface area contributed by atoms with Gasteiger partial charge in [0.05, 0.1) is 6.54 Å². The van der Waals surface area contributed by atoms with Gasteiger partial charge in [-0.05, 0) is 12.1 Å². The molecule has 3 nitrogen and oxygen atoms in total. The molecule has 1 amide bonds. The molecule has 1 aromatic rings. The number of ether oxygens (including phenoxy) is 1. The van der Waals surface area contributed by atoms with Crippen molar-refractivity contribution in [1.82, 2.24) is 4.90 Å². The minimum atomic E-state index is -4.61. The number of halogens is 5. The molecule has 0 N–H and O–H groups in total. The van der Waals surface area contributed by atoms with Crippen molar-refractivity contribution in [3.8, 4) is 0 Å². The summed E-state index contributed by atoms with van der Waals surface area (Å²) in [5.74, 6) is -0.650. The van der Waals surface area contributed by atoms with E-state index in [0.29, 0.717) is 0 Å². The fourth-order valence-corrected chi connectivity index (χ4v) is 1.46. The van der Waals surface area contributed by atoms with Crippen molar-refractivity contribution >= 4 is 17.7 Å². The second kappa shape index (κ2) is 6.10. The monoisotopic (exact) mass is 299 g/mol. The van der Waals surface area contributed by atoms with E-state index in [9.17, 15) is 22.4 Å². The van der Waals surface area contributed by atoms with Crippen LogP contribution >= 0.6 is 11.6 Å². The molecule has 0 fully saturated rings. The van der Waals surface area contributed by atoms with Gasteiger partial charge >= 0.3 is 12.3 Å². The third-order valence-electron chi connectivity index (χ3n) is 2.13. The SMILES string of the molecule is CN(Cc1c(F)cccc1Cl)C(=O)OCC(F)(F)F. The maximum Gasteiger partial charge on any atom is 0.422 e. The van der Waals surface area contributed by atoms with Crippen LogP contribution in [0.1, 0.15) is 5.56 Å². The van der Waals surface area contributed by atoms with Gasteiger partial charge < -0.3 is 9.64 Å². The fraction of sp³-hybridized carbons (Fsp3) is 0.364. The van der Waals surface area contributed by atoms with E-state index in [0.717, 1.165) is 11.0 Å². The van der Waals surface area contributed by atoms with Gasteiger partial charge in [-0.2, -0.15) is 13.2 Å². The molecule has 0 bridgehead atoms. The first-order valence-electron chi connectivity index (χ1n) is 5.08. The summed E-state index contributed by atoms with van der Waals surface area (Å²) in [5.41, 5.74) is 0.00984. The first-order chi connectivity index (χ1) is 8.70. The van der Waals surface area contributed by atoms with Crippen molar-refractivity contribution in [1.29, 1.82) is 0 Å². The van der Waals surface area contributed by atoms with E-state index >= 15 is 0 Å². The second-order valence-electron chi connectivity index (χ2n) is 3.73. The summed E-state index contributed by atoms with van der Waals surface area (Å²) >= 11 is 5.73. The number of benzene rings is 1. The van der Waals surface area contributed by atoms with Crippen LogP contribution in [-0.4, -0.2) is 30.8 Å². The summed E-state index contributed by atoms with van der Waals surface area (Å²) in [7, 11) is 1.18. The van der Waals surface area contributed by atoms with Crippen LogP contribution in [0.2, 0.25) is 5.02 Å². The minimum absolute atomic E-state index is 0.00984. The van der Waals surface area contributed by atoms with Crippen LogP contribution in [0.5, 0.6) is 0 Å². The molecule has 0 unspecified atom stereocenters. The molecule has 0 heterocycles. The summed E-state index contributed by atoms with van der Waals surface area (Å²) in [5, 5.41) is 0.0791. The third-order valence-corrected chi connectivity index (χ3v) is 2.48. The topological polar surface area (TPSA) is 29.5 Å². The predicted octanol–water partition coefficient (Wildman–Crippen LogP) is 3.61. The summed E-state index contributed by atoms with van der Waals surface area (Å²) in [6.45, 7) is -1.98. The number of hydrogen-bond acceptors (Lipinski definition) is 2. The van der Waals surface area contributed by atoms with Crippen molar-refractivity contribution < 1.29 is 27.1 Å². The number of carbonyl (C=O) groups is 1. The molecule has 0 spiro atoms. The molecular formula is C11H10ClF4NO2. The van der Waals surface area contributed by atoms with Gasteiger partial charge in [0.15, 0.2) is 6.61 Å². The highest BCUT2D eigenvalue weighted by Gasteiger charge is 2.30. The van der Waals surface area contributed by atoms with E-state index in [4.69, 9.17) is 11.6 Å². The van der Waals surface area contributed by atoms with Crippen LogP contribution in [0.15, 0.2) is 18.2 Å². The van der Waals surface area contributed by atoms with Gasteiger partial charge in [0.1, 0.15) is 5.82 Å². The molecular weight excluding hydrogens is 290 g/mol. The quantitative estimate of drug-likeness (QED) is 0.798. The molecule has 1 rings (SSSR count). The standard InChI is InChI=1S/C11H10ClF4NO2/c1-17(10(18)19-6-11(14,15)16)5-7-8(12)3-2-4-9(7)13/h2-4H,5-6H2,1H3. The molecule has 0 aliphatic rings. The average molecular weight is 300 g/mol. The molecule has 0 aliphatic carbocycles. The van der Waals surface area contributed by atoms with E-state index in [-0.39, 0.29) is 17.1 Å². The summed E-state index contributed by atoms with van der Waals surface area (Å²) in [6.07, 6.45) is -5.82. The molecule has 0 radical (unpaired) electrons. The summed E-state index contributed by atoms with van der Waals surface area (Å²) < 4.78 is 53.0. The number of nitrogens with zero attached hydrogens (tertiary/aromatic N) is 1. The highest BCUT2D eigenvalue weighted by molar-refractivity contribution is 6.31. The molecule has 0 saturated carbocycles. The third kappa shape index (κ3) is 4.94. The smallest absolute Gasteiger partial charge is 0.422 e. The zero-order chi connectivity index (χ0) is 14.6. The largest absolute Gasteiger partial charge is 0.440 e. The Kier molecular flexibility index (Phi) is 4.99. The Balaban J connectivity index is 2.64. The highest BCUT2D eigenvalue weighted by Crippen LogP contribution is 2.21. The summed E-state index contributed by atoms with van der Waals surface area (Å²) in [6, 6.07) is 3.92. The number of amides is 1. The molecule has 1 aromatic carbocycles. The van der Waals surface area contributed by atoms with Crippen LogP contribution < -0.4 is 0 Å². The molecule has 0 saturated heterocycles. The Hall–Kier alpha value is -1.50. The first-order valence-corrected chi connectivity index (χ1v) is 5.46.